The Labute approximate surface area is 124 Å². The maximum Gasteiger partial charge on any atom is 0.240 e. The molecule has 0 atom stereocenters. The van der Waals surface area contributed by atoms with Gasteiger partial charge < -0.3 is 5.32 Å². The molecule has 0 aromatic heterocycles. The van der Waals surface area contributed by atoms with Crippen molar-refractivity contribution in [2.24, 2.45) is 5.92 Å². The minimum absolute atomic E-state index is 0.0107. The Balaban J connectivity index is 1.90. The zero-order valence-corrected chi connectivity index (χ0v) is 12.5. The van der Waals surface area contributed by atoms with Crippen molar-refractivity contribution in [3.63, 3.8) is 0 Å². The molecule has 21 heavy (non-hydrogen) atoms. The van der Waals surface area contributed by atoms with Crippen molar-refractivity contribution in [3.8, 4) is 6.07 Å². The predicted molar refractivity (Wildman–Crippen MR) is 76.8 cm³/mol. The molecule has 0 saturated heterocycles. The van der Waals surface area contributed by atoms with Crippen molar-refractivity contribution in [1.82, 2.24) is 10.0 Å². The maximum absolute atomic E-state index is 12.1. The number of aryl methyl sites for hydroxylation is 1. The van der Waals surface area contributed by atoms with E-state index in [9.17, 15) is 13.2 Å². The lowest BCUT2D eigenvalue weighted by molar-refractivity contribution is -0.122. The molecule has 1 amide bonds. The predicted octanol–water partition coefficient (Wildman–Crippen LogP) is 0.671. The van der Waals surface area contributed by atoms with Gasteiger partial charge in [0.25, 0.3) is 0 Å². The molecular formula is C14H17N3O3S. The SMILES string of the molecule is Cc1cc(S(=O)(=O)NCCNC(=O)C2CC2)ccc1C#N. The standard InChI is InChI=1S/C14H17N3O3S/c1-10-8-13(5-4-12(10)9-15)21(19,20)17-7-6-16-14(18)11-2-3-11/h4-5,8,11,17H,2-3,6-7H2,1H3,(H,16,18). The third kappa shape index (κ3) is 4.03. The molecule has 1 aliphatic rings. The van der Waals surface area contributed by atoms with Crippen LogP contribution in [0.15, 0.2) is 23.1 Å². The molecule has 2 N–H and O–H groups in total. The number of nitrogens with one attached hydrogen (secondary N) is 2. The second-order valence-corrected chi connectivity index (χ2v) is 6.82. The Morgan fingerprint density at radius 1 is 1.38 bits per heavy atom. The van der Waals surface area contributed by atoms with Crippen LogP contribution >= 0.6 is 0 Å². The average Bonchev–Trinajstić information content (AvgIpc) is 3.28. The summed E-state index contributed by atoms with van der Waals surface area (Å²) in [7, 11) is -3.62. The Morgan fingerprint density at radius 2 is 2.10 bits per heavy atom. The lowest BCUT2D eigenvalue weighted by atomic mass is 10.1. The first-order valence-electron chi connectivity index (χ1n) is 6.72. The van der Waals surface area contributed by atoms with Gasteiger partial charge in [-0.15, -0.1) is 0 Å². The second kappa shape index (κ2) is 6.24. The van der Waals surface area contributed by atoms with Crippen molar-refractivity contribution in [2.75, 3.05) is 13.1 Å². The molecule has 112 valence electrons. The lowest BCUT2D eigenvalue weighted by Gasteiger charge is -2.09. The van der Waals surface area contributed by atoms with E-state index in [1.54, 1.807) is 6.92 Å². The smallest absolute Gasteiger partial charge is 0.240 e. The van der Waals surface area contributed by atoms with E-state index in [4.69, 9.17) is 5.26 Å². The van der Waals surface area contributed by atoms with E-state index in [-0.39, 0.29) is 29.8 Å². The summed E-state index contributed by atoms with van der Waals surface area (Å²) in [5.41, 5.74) is 1.06. The maximum atomic E-state index is 12.1. The van der Waals surface area contributed by atoms with E-state index >= 15 is 0 Å². The van der Waals surface area contributed by atoms with Gasteiger partial charge in [0, 0.05) is 19.0 Å². The highest BCUT2D eigenvalue weighted by Gasteiger charge is 2.29. The number of rotatable bonds is 6. The highest BCUT2D eigenvalue weighted by molar-refractivity contribution is 7.89. The molecule has 0 spiro atoms. The van der Waals surface area contributed by atoms with E-state index < -0.39 is 10.0 Å². The molecule has 0 aliphatic heterocycles. The van der Waals surface area contributed by atoms with Crippen LogP contribution in [0.4, 0.5) is 0 Å². The molecule has 6 nitrogen and oxygen atoms in total. The highest BCUT2D eigenvalue weighted by Crippen LogP contribution is 2.28. The second-order valence-electron chi connectivity index (χ2n) is 5.05. The molecule has 0 unspecified atom stereocenters. The van der Waals surface area contributed by atoms with Gasteiger partial charge >= 0.3 is 0 Å². The van der Waals surface area contributed by atoms with E-state index in [0.717, 1.165) is 12.8 Å². The fourth-order valence-corrected chi connectivity index (χ4v) is 2.99. The number of carbonyl (C=O) groups excluding carboxylic acids is 1. The van der Waals surface area contributed by atoms with Crippen LogP contribution in [0.2, 0.25) is 0 Å². The number of sulfonamides is 1. The van der Waals surface area contributed by atoms with Crippen molar-refractivity contribution in [2.45, 2.75) is 24.7 Å². The van der Waals surface area contributed by atoms with Gasteiger partial charge in [-0.3, -0.25) is 4.79 Å². The summed E-state index contributed by atoms with van der Waals surface area (Å²) in [4.78, 5) is 11.5. The fraction of sp³-hybridized carbons (Fsp3) is 0.429. The topological polar surface area (TPSA) is 99.1 Å². The van der Waals surface area contributed by atoms with Gasteiger partial charge in [-0.2, -0.15) is 5.26 Å². The van der Waals surface area contributed by atoms with Crippen LogP contribution in [-0.2, 0) is 14.8 Å². The molecule has 0 radical (unpaired) electrons. The molecule has 1 saturated carbocycles. The summed E-state index contributed by atoms with van der Waals surface area (Å²) < 4.78 is 26.6. The zero-order chi connectivity index (χ0) is 15.5. The van der Waals surface area contributed by atoms with Crippen molar-refractivity contribution in [1.29, 1.82) is 5.26 Å². The van der Waals surface area contributed by atoms with E-state index in [2.05, 4.69) is 10.0 Å². The summed E-state index contributed by atoms with van der Waals surface area (Å²) in [5.74, 6) is 0.103. The van der Waals surface area contributed by atoms with Gasteiger partial charge in [0.05, 0.1) is 16.5 Å². The van der Waals surface area contributed by atoms with Crippen LogP contribution in [0, 0.1) is 24.2 Å². The van der Waals surface area contributed by atoms with Gasteiger partial charge in [-0.25, -0.2) is 13.1 Å². The van der Waals surface area contributed by atoms with Gasteiger partial charge in [-0.1, -0.05) is 0 Å². The quantitative estimate of drug-likeness (QED) is 0.755. The van der Waals surface area contributed by atoms with Gasteiger partial charge in [0.15, 0.2) is 0 Å². The molecular weight excluding hydrogens is 290 g/mol. The lowest BCUT2D eigenvalue weighted by Crippen LogP contribution is -2.35. The van der Waals surface area contributed by atoms with E-state index in [1.807, 2.05) is 6.07 Å². The summed E-state index contributed by atoms with van der Waals surface area (Å²) in [6.07, 6.45) is 1.84. The minimum Gasteiger partial charge on any atom is -0.355 e. The number of amides is 1. The third-order valence-corrected chi connectivity index (χ3v) is 4.75. The summed E-state index contributed by atoms with van der Waals surface area (Å²) >= 11 is 0. The molecule has 0 bridgehead atoms. The van der Waals surface area contributed by atoms with Gasteiger partial charge in [-0.05, 0) is 43.5 Å². The normalized spacial score (nSPS) is 14.5. The van der Waals surface area contributed by atoms with Crippen LogP contribution in [0.1, 0.15) is 24.0 Å². The third-order valence-electron chi connectivity index (χ3n) is 3.29. The average molecular weight is 307 g/mol. The van der Waals surface area contributed by atoms with Crippen molar-refractivity contribution >= 4 is 15.9 Å². The summed E-state index contributed by atoms with van der Waals surface area (Å²) in [5, 5.41) is 11.5. The molecule has 1 aliphatic carbocycles. The first kappa shape index (κ1) is 15.5. The van der Waals surface area contributed by atoms with Crippen LogP contribution in [-0.4, -0.2) is 27.4 Å². The number of hydrogen-bond acceptors (Lipinski definition) is 4. The van der Waals surface area contributed by atoms with Gasteiger partial charge in [0.2, 0.25) is 15.9 Å². The number of carbonyl (C=O) groups is 1. The molecule has 0 heterocycles. The molecule has 2 rings (SSSR count). The number of benzene rings is 1. The molecule has 1 fully saturated rings. The summed E-state index contributed by atoms with van der Waals surface area (Å²) in [6.45, 7) is 2.09. The number of nitriles is 1. The Hall–Kier alpha value is -1.91. The van der Waals surface area contributed by atoms with Gasteiger partial charge in [0.1, 0.15) is 0 Å². The fourth-order valence-electron chi connectivity index (χ4n) is 1.87. The number of hydrogen-bond donors (Lipinski definition) is 2. The van der Waals surface area contributed by atoms with Crippen LogP contribution in [0.3, 0.4) is 0 Å². The van der Waals surface area contributed by atoms with Crippen LogP contribution < -0.4 is 10.0 Å². The van der Waals surface area contributed by atoms with Crippen LogP contribution in [0.25, 0.3) is 0 Å². The van der Waals surface area contributed by atoms with Crippen molar-refractivity contribution < 1.29 is 13.2 Å². The number of nitrogens with zero attached hydrogens (tertiary/aromatic N) is 1. The van der Waals surface area contributed by atoms with E-state index in [0.29, 0.717) is 11.1 Å². The Bertz CT molecular complexity index is 688. The summed E-state index contributed by atoms with van der Waals surface area (Å²) in [6, 6.07) is 6.34. The van der Waals surface area contributed by atoms with Crippen LogP contribution in [0.5, 0.6) is 0 Å². The molecule has 1 aromatic rings. The largest absolute Gasteiger partial charge is 0.355 e. The first-order chi connectivity index (χ1) is 9.94. The molecule has 7 heteroatoms. The minimum atomic E-state index is -3.62. The van der Waals surface area contributed by atoms with E-state index in [1.165, 1.54) is 18.2 Å². The first-order valence-corrected chi connectivity index (χ1v) is 8.20. The monoisotopic (exact) mass is 307 g/mol. The van der Waals surface area contributed by atoms with Crippen molar-refractivity contribution in [3.05, 3.63) is 29.3 Å². The Morgan fingerprint density at radius 3 is 2.67 bits per heavy atom. The zero-order valence-electron chi connectivity index (χ0n) is 11.7. The Kier molecular flexibility index (Phi) is 4.60. The highest BCUT2D eigenvalue weighted by atomic mass is 32.2. The molecule has 1 aromatic carbocycles.